The molecule has 3 aliphatic carbocycles. The number of fused-ring (bicyclic) bond motifs is 5. The molecule has 0 spiro atoms. The van der Waals surface area contributed by atoms with Gasteiger partial charge in [0.1, 0.15) is 30.0 Å². The molecule has 1 amide bonds. The lowest BCUT2D eigenvalue weighted by atomic mass is 9.44. The zero-order valence-corrected chi connectivity index (χ0v) is 46.5. The maximum absolute atomic E-state index is 16.4. The Morgan fingerprint density at radius 2 is 1.45 bits per heavy atom. The summed E-state index contributed by atoms with van der Waals surface area (Å²) < 4.78 is 45.2. The first-order valence-electron chi connectivity index (χ1n) is 26.0. The molecule has 7 rings (SSSR count). The molecule has 0 radical (unpaired) electrons. The van der Waals surface area contributed by atoms with Gasteiger partial charge in [0.15, 0.2) is 31.9 Å². The van der Waals surface area contributed by atoms with Gasteiger partial charge in [0.2, 0.25) is 0 Å². The molecule has 1 heterocycles. The summed E-state index contributed by atoms with van der Waals surface area (Å²) in [6.45, 7) is 21.9. The monoisotopic (exact) mass is 1060 g/mol. The molecule has 2 saturated carbocycles. The van der Waals surface area contributed by atoms with Gasteiger partial charge in [-0.25, -0.2) is 9.59 Å². The van der Waals surface area contributed by atoms with E-state index in [4.69, 9.17) is 32.8 Å². The number of carbonyl (C=O) groups excluding carboxylic acids is 7. The first-order chi connectivity index (χ1) is 35.6. The number of allylic oxidation sites excluding steroid dienone is 1. The highest BCUT2D eigenvalue weighted by molar-refractivity contribution is 6.74. The van der Waals surface area contributed by atoms with Crippen molar-refractivity contribution in [2.24, 2.45) is 16.7 Å². The van der Waals surface area contributed by atoms with E-state index in [1.807, 2.05) is 33.9 Å². The molecule has 3 aromatic carbocycles. The van der Waals surface area contributed by atoms with Crippen molar-refractivity contribution in [3.8, 4) is 0 Å². The number of esters is 5. The van der Waals surface area contributed by atoms with Gasteiger partial charge in [-0.05, 0) is 85.8 Å². The van der Waals surface area contributed by atoms with Crippen LogP contribution in [0.15, 0.2) is 115 Å². The molecular weight excluding hydrogens is 991 g/mol. The molecule has 17 heteroatoms. The van der Waals surface area contributed by atoms with Crippen molar-refractivity contribution in [2.45, 2.75) is 166 Å². The number of Topliss-reactive ketones (excluding diaryl/α,β-unsaturated/α-hetero) is 1. The van der Waals surface area contributed by atoms with Crippen molar-refractivity contribution < 1.29 is 71.5 Å². The van der Waals surface area contributed by atoms with E-state index in [0.29, 0.717) is 24.0 Å². The predicted octanol–water partition coefficient (Wildman–Crippen LogP) is 8.67. The number of rotatable bonds is 17. The second-order valence-corrected chi connectivity index (χ2v) is 27.6. The number of amides is 1. The number of aliphatic hydroxyl groups is 1. The minimum atomic E-state index is -2.97. The summed E-state index contributed by atoms with van der Waals surface area (Å²) in [6, 6.07) is 24.2. The van der Waals surface area contributed by atoms with Gasteiger partial charge in [-0.3, -0.25) is 24.0 Å². The van der Waals surface area contributed by atoms with Crippen LogP contribution in [0.2, 0.25) is 18.1 Å². The minimum Gasteiger partial charge on any atom is -0.461 e. The molecule has 0 aromatic heterocycles. The first-order valence-corrected chi connectivity index (χ1v) is 28.9. The fourth-order valence-corrected chi connectivity index (χ4v) is 12.8. The van der Waals surface area contributed by atoms with Crippen LogP contribution in [-0.2, 0) is 56.8 Å². The van der Waals surface area contributed by atoms with E-state index in [1.165, 1.54) is 26.0 Å². The number of carbonyl (C=O) groups is 7. The van der Waals surface area contributed by atoms with E-state index in [1.54, 1.807) is 106 Å². The van der Waals surface area contributed by atoms with Gasteiger partial charge in [0.25, 0.3) is 5.91 Å². The molecule has 1 saturated heterocycles. The zero-order valence-electron chi connectivity index (χ0n) is 45.5. The van der Waals surface area contributed by atoms with Crippen molar-refractivity contribution in [1.82, 2.24) is 5.32 Å². The SMILES string of the molecule is C=CCCCC(=O)O[C@H]1C[C@H]2OC[C@@]2(OC(C)=O)[C@H]2[C@H](OC(=O)c3ccccc3)[C@]3(O)C[C@H](OC(=O)[C@H](O[Si](C)(C)C(C)(C)C)[C@H](NC(=O)c4ccccc4)c4ccccc4)C(C)=C([C@@H](OC(C)=O)C(=O)[C@]12C)C3(C)C. The van der Waals surface area contributed by atoms with Crippen LogP contribution in [0.5, 0.6) is 0 Å². The maximum atomic E-state index is 16.4. The predicted molar refractivity (Wildman–Crippen MR) is 282 cm³/mol. The third kappa shape index (κ3) is 10.7. The number of benzene rings is 3. The summed E-state index contributed by atoms with van der Waals surface area (Å²) in [5, 5.41) is 16.9. The van der Waals surface area contributed by atoms with Crippen molar-refractivity contribution in [2.75, 3.05) is 6.61 Å². The molecule has 2 bridgehead atoms. The molecule has 76 heavy (non-hydrogen) atoms. The lowest BCUT2D eigenvalue weighted by Gasteiger charge is -2.67. The average molecular weight is 1060 g/mol. The number of nitrogens with one attached hydrogen (secondary N) is 1. The number of hydrogen-bond donors (Lipinski definition) is 2. The summed E-state index contributed by atoms with van der Waals surface area (Å²) in [5.74, 6) is -7.13. The van der Waals surface area contributed by atoms with Crippen molar-refractivity contribution in [3.63, 3.8) is 0 Å². The molecular formula is C59H73NO15Si. The molecule has 4 aliphatic rings. The number of ether oxygens (including phenoxy) is 6. The molecule has 11 atom stereocenters. The normalized spacial score (nSPS) is 28.5. The van der Waals surface area contributed by atoms with E-state index in [9.17, 15) is 29.1 Å². The van der Waals surface area contributed by atoms with Crippen LogP contribution < -0.4 is 5.32 Å². The molecule has 1 aliphatic heterocycles. The lowest BCUT2D eigenvalue weighted by molar-refractivity contribution is -0.346. The van der Waals surface area contributed by atoms with Gasteiger partial charge < -0.3 is 43.3 Å². The van der Waals surface area contributed by atoms with Crippen LogP contribution in [-0.4, -0.2) is 109 Å². The van der Waals surface area contributed by atoms with Crippen LogP contribution >= 0.6 is 0 Å². The van der Waals surface area contributed by atoms with Crippen molar-refractivity contribution >= 4 is 49.9 Å². The third-order valence-corrected chi connectivity index (χ3v) is 21.2. The third-order valence-electron chi connectivity index (χ3n) is 16.7. The van der Waals surface area contributed by atoms with Crippen molar-refractivity contribution in [1.29, 1.82) is 0 Å². The van der Waals surface area contributed by atoms with Crippen LogP contribution in [0.25, 0.3) is 0 Å². The number of ketones is 1. The highest BCUT2D eigenvalue weighted by Crippen LogP contribution is 2.65. The van der Waals surface area contributed by atoms with Crippen LogP contribution in [0.4, 0.5) is 0 Å². The topological polar surface area (TPSA) is 216 Å². The van der Waals surface area contributed by atoms with E-state index in [-0.39, 0.29) is 36.2 Å². The highest BCUT2D eigenvalue weighted by Gasteiger charge is 2.79. The smallest absolute Gasteiger partial charge is 0.338 e. The molecule has 3 aromatic rings. The van der Waals surface area contributed by atoms with E-state index < -0.39 is 132 Å². The quantitative estimate of drug-likeness (QED) is 0.0425. The van der Waals surface area contributed by atoms with Crippen LogP contribution in [0, 0.1) is 16.7 Å². The number of unbranched alkanes of at least 4 members (excludes halogenated alkanes) is 1. The van der Waals surface area contributed by atoms with Crippen LogP contribution in [0.1, 0.15) is 127 Å². The summed E-state index contributed by atoms with van der Waals surface area (Å²) in [4.78, 5) is 102. The van der Waals surface area contributed by atoms with Gasteiger partial charge in [0.05, 0.1) is 29.5 Å². The summed E-state index contributed by atoms with van der Waals surface area (Å²) in [5.41, 5.74) is -6.87. The Morgan fingerprint density at radius 1 is 0.855 bits per heavy atom. The average Bonchev–Trinajstić information content (AvgIpc) is 3.38. The van der Waals surface area contributed by atoms with E-state index in [2.05, 4.69) is 11.9 Å². The largest absolute Gasteiger partial charge is 0.461 e. The Hall–Kier alpha value is -6.27. The Balaban J connectivity index is 1.47. The second-order valence-electron chi connectivity index (χ2n) is 22.9. The summed E-state index contributed by atoms with van der Waals surface area (Å²) in [6.07, 6.45) is -7.39. The Kier molecular flexibility index (Phi) is 16.6. The highest BCUT2D eigenvalue weighted by atomic mass is 28.4. The molecule has 408 valence electrons. The van der Waals surface area contributed by atoms with Gasteiger partial charge in [-0.1, -0.05) is 107 Å². The Bertz CT molecular complexity index is 2740. The zero-order chi connectivity index (χ0) is 55.8. The van der Waals surface area contributed by atoms with Gasteiger partial charge in [0, 0.05) is 44.1 Å². The van der Waals surface area contributed by atoms with Gasteiger partial charge >= 0.3 is 29.8 Å². The first kappa shape index (κ1) is 57.4. The van der Waals surface area contributed by atoms with Crippen LogP contribution in [0.3, 0.4) is 0 Å². The van der Waals surface area contributed by atoms with E-state index >= 15 is 9.59 Å². The molecule has 2 N–H and O–H groups in total. The fourth-order valence-electron chi connectivity index (χ4n) is 11.5. The number of hydrogen-bond acceptors (Lipinski definition) is 15. The Labute approximate surface area is 446 Å². The van der Waals surface area contributed by atoms with Crippen molar-refractivity contribution in [3.05, 3.63) is 131 Å². The summed E-state index contributed by atoms with van der Waals surface area (Å²) >= 11 is 0. The second kappa shape index (κ2) is 22.0. The fraction of sp³-hybridized carbons (Fsp3) is 0.508. The molecule has 3 fully saturated rings. The minimum absolute atomic E-state index is 0.0307. The maximum Gasteiger partial charge on any atom is 0.338 e. The van der Waals surface area contributed by atoms with Gasteiger partial charge in [-0.2, -0.15) is 0 Å². The standard InChI is InChI=1S/C59H73NO15Si/c1-13-14-18-31-44(63)72-42-32-43-58(34-69-43,74-37(4)62)49-51(73-53(66)40-29-23-17-24-30-40)59(68)33-41(35(2)45(56(59,8)9)47(70-36(3)61)50(64)57(42,49)10)71-54(67)48(75-76(11,12)55(5,6)7)46(38-25-19-15-20-26-38)60-52(65)39-27-21-16-22-28-39/h13,15-17,19-30,41-43,46-49,51,68H,1,14,18,31-34H2,2-12H3,(H,60,65)/t41-,42-,43+,46+,47+,48+,49-,51-,57+,58-,59+/m0/s1. The molecule has 0 unspecified atom stereocenters. The van der Waals surface area contributed by atoms with E-state index in [0.717, 1.165) is 6.92 Å². The lowest BCUT2D eigenvalue weighted by Crippen LogP contribution is -2.82. The molecule has 16 nitrogen and oxygen atoms in total. The van der Waals surface area contributed by atoms with Gasteiger partial charge in [-0.15, -0.1) is 6.58 Å². The Morgan fingerprint density at radius 3 is 1.99 bits per heavy atom. The summed E-state index contributed by atoms with van der Waals surface area (Å²) in [7, 11) is -2.97.